The summed E-state index contributed by atoms with van der Waals surface area (Å²) in [4.78, 5) is 18.0. The van der Waals surface area contributed by atoms with E-state index in [1.165, 1.54) is 18.5 Å². The highest BCUT2D eigenvalue weighted by molar-refractivity contribution is 5.89. The fourth-order valence-electron chi connectivity index (χ4n) is 2.76. The maximum Gasteiger partial charge on any atom is 0.321 e. The average molecular weight is 303 g/mol. The highest BCUT2D eigenvalue weighted by Crippen LogP contribution is 2.19. The van der Waals surface area contributed by atoms with Gasteiger partial charge < -0.3 is 10.2 Å². The Morgan fingerprint density at radius 3 is 3.14 bits per heavy atom. The number of hydrogen-bond donors (Lipinski definition) is 1. The van der Waals surface area contributed by atoms with Crippen LogP contribution in [-0.2, 0) is 6.54 Å². The van der Waals surface area contributed by atoms with Crippen LogP contribution in [0.1, 0.15) is 12.8 Å². The van der Waals surface area contributed by atoms with E-state index in [0.717, 1.165) is 25.9 Å². The predicted octanol–water partition coefficient (Wildman–Crippen LogP) is 2.36. The summed E-state index contributed by atoms with van der Waals surface area (Å²) in [5.41, 5.74) is 0.475. The molecule has 0 bridgehead atoms. The van der Waals surface area contributed by atoms with Crippen molar-refractivity contribution in [1.29, 1.82) is 0 Å². The normalized spacial score (nSPS) is 18.2. The monoisotopic (exact) mass is 303 g/mol. The quantitative estimate of drug-likeness (QED) is 0.947. The van der Waals surface area contributed by atoms with Gasteiger partial charge in [0.25, 0.3) is 0 Å². The van der Waals surface area contributed by atoms with Crippen LogP contribution in [0.2, 0.25) is 0 Å². The minimum Gasteiger partial charge on any atom is -0.324 e. The number of urea groups is 1. The first-order chi connectivity index (χ1) is 10.7. The summed E-state index contributed by atoms with van der Waals surface area (Å²) in [6, 6.07) is 5.74. The number of anilines is 1. The van der Waals surface area contributed by atoms with Crippen molar-refractivity contribution in [2.75, 3.05) is 18.4 Å². The number of nitrogens with zero attached hydrogens (tertiary/aromatic N) is 4. The Balaban J connectivity index is 1.58. The number of likely N-dealkylation sites (tertiary alicyclic amines) is 1. The summed E-state index contributed by atoms with van der Waals surface area (Å²) < 4.78 is 14.9. The number of halogens is 1. The fraction of sp³-hybridized carbons (Fsp3) is 0.400. The van der Waals surface area contributed by atoms with E-state index >= 15 is 0 Å². The second-order valence-electron chi connectivity index (χ2n) is 5.51. The van der Waals surface area contributed by atoms with E-state index in [9.17, 15) is 9.18 Å². The first-order valence-corrected chi connectivity index (χ1v) is 7.34. The number of carbonyl (C=O) groups excluding carboxylic acids is 1. The highest BCUT2D eigenvalue weighted by Gasteiger charge is 2.24. The van der Waals surface area contributed by atoms with Gasteiger partial charge >= 0.3 is 6.03 Å². The summed E-state index contributed by atoms with van der Waals surface area (Å²) in [6.07, 6.45) is 5.21. The van der Waals surface area contributed by atoms with E-state index in [4.69, 9.17) is 0 Å². The Morgan fingerprint density at radius 1 is 1.45 bits per heavy atom. The standard InChI is InChI=1S/C15H18FN5O/c16-13-4-1-5-14(7-13)19-15(22)20-6-2-3-12(8-20)9-21-11-17-10-18-21/h1,4-5,7,10-12H,2-3,6,8-9H2,(H,19,22)/t12-/m1/s1. The van der Waals surface area contributed by atoms with Gasteiger partial charge in [-0.25, -0.2) is 14.2 Å². The van der Waals surface area contributed by atoms with Crippen LogP contribution in [0.4, 0.5) is 14.9 Å². The summed E-state index contributed by atoms with van der Waals surface area (Å²) in [5.74, 6) is -0.00536. The van der Waals surface area contributed by atoms with E-state index in [-0.39, 0.29) is 11.8 Å². The molecule has 1 aromatic heterocycles. The van der Waals surface area contributed by atoms with Gasteiger partial charge in [0.05, 0.1) is 0 Å². The van der Waals surface area contributed by atoms with Crippen molar-refractivity contribution in [3.05, 3.63) is 42.7 Å². The number of carbonyl (C=O) groups is 1. The van der Waals surface area contributed by atoms with Crippen molar-refractivity contribution >= 4 is 11.7 Å². The van der Waals surface area contributed by atoms with E-state index in [1.807, 2.05) is 0 Å². The lowest BCUT2D eigenvalue weighted by Gasteiger charge is -2.32. The van der Waals surface area contributed by atoms with Gasteiger partial charge in [-0.3, -0.25) is 4.68 Å². The van der Waals surface area contributed by atoms with Crippen LogP contribution in [0, 0.1) is 11.7 Å². The number of amides is 2. The SMILES string of the molecule is O=C(Nc1cccc(F)c1)N1CCC[C@@H](Cn2cncn2)C1. The Morgan fingerprint density at radius 2 is 2.36 bits per heavy atom. The topological polar surface area (TPSA) is 63.1 Å². The minimum absolute atomic E-state index is 0.186. The molecule has 1 aromatic carbocycles. The molecule has 7 heteroatoms. The Bertz CT molecular complexity index is 631. The molecule has 22 heavy (non-hydrogen) atoms. The molecule has 0 unspecified atom stereocenters. The minimum atomic E-state index is -0.361. The van der Waals surface area contributed by atoms with Gasteiger partial charge in [0, 0.05) is 25.3 Å². The molecule has 2 amide bonds. The summed E-state index contributed by atoms with van der Waals surface area (Å²) in [7, 11) is 0. The van der Waals surface area contributed by atoms with Gasteiger partial charge in [-0.15, -0.1) is 0 Å². The largest absolute Gasteiger partial charge is 0.324 e. The molecule has 0 radical (unpaired) electrons. The van der Waals surface area contributed by atoms with Crippen LogP contribution in [0.15, 0.2) is 36.9 Å². The Kier molecular flexibility index (Phi) is 4.32. The number of nitrogens with one attached hydrogen (secondary N) is 1. The molecule has 2 heterocycles. The number of hydrogen-bond acceptors (Lipinski definition) is 3. The second-order valence-corrected chi connectivity index (χ2v) is 5.51. The van der Waals surface area contributed by atoms with Gasteiger partial charge in [0.1, 0.15) is 18.5 Å². The molecule has 3 rings (SSSR count). The van der Waals surface area contributed by atoms with Crippen molar-refractivity contribution in [3.63, 3.8) is 0 Å². The first-order valence-electron chi connectivity index (χ1n) is 7.34. The number of aromatic nitrogens is 3. The van der Waals surface area contributed by atoms with Crippen LogP contribution in [-0.4, -0.2) is 38.8 Å². The van der Waals surface area contributed by atoms with E-state index in [1.54, 1.807) is 28.0 Å². The summed E-state index contributed by atoms with van der Waals surface area (Å²) in [6.45, 7) is 2.14. The van der Waals surface area contributed by atoms with Gasteiger partial charge in [-0.1, -0.05) is 6.07 Å². The molecule has 116 valence electrons. The predicted molar refractivity (Wildman–Crippen MR) is 79.7 cm³/mol. The van der Waals surface area contributed by atoms with Crippen molar-refractivity contribution in [1.82, 2.24) is 19.7 Å². The number of piperidine rings is 1. The lowest BCUT2D eigenvalue weighted by atomic mass is 9.98. The Hall–Kier alpha value is -2.44. The maximum absolute atomic E-state index is 13.2. The zero-order valence-electron chi connectivity index (χ0n) is 12.2. The van der Waals surface area contributed by atoms with Crippen molar-refractivity contribution in [3.8, 4) is 0 Å². The molecule has 1 N–H and O–H groups in total. The van der Waals surface area contributed by atoms with Crippen LogP contribution in [0.25, 0.3) is 0 Å². The zero-order valence-corrected chi connectivity index (χ0v) is 12.2. The fourth-order valence-corrected chi connectivity index (χ4v) is 2.76. The van der Waals surface area contributed by atoms with Crippen molar-refractivity contribution in [2.45, 2.75) is 19.4 Å². The van der Waals surface area contributed by atoms with E-state index in [0.29, 0.717) is 18.2 Å². The van der Waals surface area contributed by atoms with Crippen LogP contribution in [0.5, 0.6) is 0 Å². The molecule has 1 atom stereocenters. The maximum atomic E-state index is 13.2. The van der Waals surface area contributed by atoms with Crippen molar-refractivity contribution < 1.29 is 9.18 Å². The van der Waals surface area contributed by atoms with Crippen LogP contribution in [0.3, 0.4) is 0 Å². The van der Waals surface area contributed by atoms with E-state index in [2.05, 4.69) is 15.4 Å². The van der Waals surface area contributed by atoms with Crippen molar-refractivity contribution in [2.24, 2.45) is 5.92 Å². The molecular weight excluding hydrogens is 285 g/mol. The molecular formula is C15H18FN5O. The zero-order chi connectivity index (χ0) is 15.4. The highest BCUT2D eigenvalue weighted by atomic mass is 19.1. The lowest BCUT2D eigenvalue weighted by Crippen LogP contribution is -2.43. The smallest absolute Gasteiger partial charge is 0.321 e. The van der Waals surface area contributed by atoms with Crippen LogP contribution >= 0.6 is 0 Å². The molecule has 0 saturated carbocycles. The van der Waals surface area contributed by atoms with Crippen LogP contribution < -0.4 is 5.32 Å². The molecule has 1 aliphatic rings. The molecule has 0 spiro atoms. The van der Waals surface area contributed by atoms with E-state index < -0.39 is 0 Å². The van der Waals surface area contributed by atoms with Gasteiger partial charge in [0.15, 0.2) is 0 Å². The van der Waals surface area contributed by atoms with Gasteiger partial charge in [0.2, 0.25) is 0 Å². The summed E-state index contributed by atoms with van der Waals surface area (Å²) in [5, 5.41) is 6.85. The number of benzene rings is 1. The van der Waals surface area contributed by atoms with Gasteiger partial charge in [-0.05, 0) is 37.0 Å². The first kappa shape index (κ1) is 14.5. The Labute approximate surface area is 128 Å². The molecule has 1 aliphatic heterocycles. The molecule has 1 fully saturated rings. The summed E-state index contributed by atoms with van der Waals surface area (Å²) >= 11 is 0. The molecule has 2 aromatic rings. The lowest BCUT2D eigenvalue weighted by molar-refractivity contribution is 0.168. The third-order valence-electron chi connectivity index (χ3n) is 3.79. The third-order valence-corrected chi connectivity index (χ3v) is 3.79. The molecule has 0 aliphatic carbocycles. The molecule has 1 saturated heterocycles. The second kappa shape index (κ2) is 6.55. The van der Waals surface area contributed by atoms with Gasteiger partial charge in [-0.2, -0.15) is 5.10 Å². The molecule has 6 nitrogen and oxygen atoms in total. The average Bonchev–Trinajstić information content (AvgIpc) is 3.00. The third kappa shape index (κ3) is 3.60. The number of rotatable bonds is 3.